The molecule has 1 aliphatic carbocycles. The van der Waals surface area contributed by atoms with Crippen molar-refractivity contribution in [3.8, 4) is 0 Å². The Morgan fingerprint density at radius 3 is 2.58 bits per heavy atom. The van der Waals surface area contributed by atoms with Crippen molar-refractivity contribution >= 4 is 0 Å². The van der Waals surface area contributed by atoms with Crippen molar-refractivity contribution in [3.63, 3.8) is 0 Å². The van der Waals surface area contributed by atoms with Crippen molar-refractivity contribution in [3.05, 3.63) is 18.2 Å². The van der Waals surface area contributed by atoms with Gasteiger partial charge in [0.2, 0.25) is 0 Å². The van der Waals surface area contributed by atoms with Gasteiger partial charge in [-0.15, -0.1) is 0 Å². The lowest BCUT2D eigenvalue weighted by Crippen LogP contribution is -2.49. The fourth-order valence-electron chi connectivity index (χ4n) is 3.24. The first-order valence-corrected chi connectivity index (χ1v) is 7.45. The van der Waals surface area contributed by atoms with Gasteiger partial charge in [-0.1, -0.05) is 25.7 Å². The van der Waals surface area contributed by atoms with Gasteiger partial charge in [-0.3, -0.25) is 0 Å². The van der Waals surface area contributed by atoms with Crippen LogP contribution in [0.15, 0.2) is 12.4 Å². The van der Waals surface area contributed by atoms with E-state index in [2.05, 4.69) is 9.55 Å². The Balaban J connectivity index is 1.96. The van der Waals surface area contributed by atoms with E-state index in [1.165, 1.54) is 25.7 Å². The first kappa shape index (κ1) is 14.5. The minimum atomic E-state index is -0.109. The molecule has 0 aliphatic heterocycles. The van der Waals surface area contributed by atoms with E-state index in [1.807, 2.05) is 26.6 Å². The largest absolute Gasteiger partial charge is 0.377 e. The summed E-state index contributed by atoms with van der Waals surface area (Å²) in [7, 11) is 3.86. The summed E-state index contributed by atoms with van der Waals surface area (Å²) in [4.78, 5) is 4.37. The average molecular weight is 265 g/mol. The number of nitrogens with two attached hydrogens (primary N) is 1. The van der Waals surface area contributed by atoms with Crippen LogP contribution >= 0.6 is 0 Å². The highest BCUT2D eigenvalue weighted by Crippen LogP contribution is 2.33. The fourth-order valence-corrected chi connectivity index (χ4v) is 3.24. The molecule has 19 heavy (non-hydrogen) atoms. The molecule has 1 heterocycles. The molecule has 0 amide bonds. The molecule has 2 N–H and O–H groups in total. The second kappa shape index (κ2) is 6.53. The molecule has 0 saturated heterocycles. The predicted molar refractivity (Wildman–Crippen MR) is 76.9 cm³/mol. The van der Waals surface area contributed by atoms with Gasteiger partial charge >= 0.3 is 0 Å². The molecule has 1 aromatic rings. The van der Waals surface area contributed by atoms with Gasteiger partial charge in [-0.2, -0.15) is 0 Å². The average Bonchev–Trinajstić information content (AvgIpc) is 2.68. The smallest absolute Gasteiger partial charge is 0.108 e. The number of rotatable bonds is 5. The SMILES string of the molecule is COC1(C(N)CCc2nccn2C)CCCCCC1. The number of aryl methyl sites for hydroxylation is 2. The first-order chi connectivity index (χ1) is 9.18. The highest BCUT2D eigenvalue weighted by molar-refractivity contribution is 4.97. The summed E-state index contributed by atoms with van der Waals surface area (Å²) in [5.74, 6) is 1.11. The number of hydrogen-bond donors (Lipinski definition) is 1. The quantitative estimate of drug-likeness (QED) is 0.832. The van der Waals surface area contributed by atoms with Gasteiger partial charge < -0.3 is 15.0 Å². The minimum absolute atomic E-state index is 0.104. The Hall–Kier alpha value is -0.870. The molecule has 1 unspecified atom stereocenters. The van der Waals surface area contributed by atoms with Crippen molar-refractivity contribution < 1.29 is 4.74 Å². The molecule has 1 atom stereocenters. The third-order valence-corrected chi connectivity index (χ3v) is 4.63. The molecule has 1 aromatic heterocycles. The van der Waals surface area contributed by atoms with Crippen LogP contribution in [0.25, 0.3) is 0 Å². The van der Waals surface area contributed by atoms with Crippen LogP contribution in [0.5, 0.6) is 0 Å². The maximum absolute atomic E-state index is 6.47. The maximum atomic E-state index is 6.47. The molecule has 4 nitrogen and oxygen atoms in total. The van der Waals surface area contributed by atoms with E-state index in [9.17, 15) is 0 Å². The van der Waals surface area contributed by atoms with E-state index < -0.39 is 0 Å². The first-order valence-electron chi connectivity index (χ1n) is 7.45. The van der Waals surface area contributed by atoms with Crippen LogP contribution < -0.4 is 5.73 Å². The summed E-state index contributed by atoms with van der Waals surface area (Å²) in [6.07, 6.45) is 13.0. The normalized spacial score (nSPS) is 21.0. The molecule has 0 aromatic carbocycles. The van der Waals surface area contributed by atoms with Crippen LogP contribution in [0.2, 0.25) is 0 Å². The molecule has 0 bridgehead atoms. The summed E-state index contributed by atoms with van der Waals surface area (Å²) in [5.41, 5.74) is 6.36. The second-order valence-corrected chi connectivity index (χ2v) is 5.78. The Morgan fingerprint density at radius 1 is 1.37 bits per heavy atom. The summed E-state index contributed by atoms with van der Waals surface area (Å²) < 4.78 is 7.94. The highest BCUT2D eigenvalue weighted by atomic mass is 16.5. The Labute approximate surface area is 116 Å². The number of aromatic nitrogens is 2. The zero-order chi connectivity index (χ0) is 13.7. The molecule has 0 radical (unpaired) electrons. The molecular formula is C15H27N3O. The molecule has 1 aliphatic rings. The third-order valence-electron chi connectivity index (χ3n) is 4.63. The molecule has 4 heteroatoms. The van der Waals surface area contributed by atoms with Gasteiger partial charge in [-0.25, -0.2) is 4.98 Å². The summed E-state index contributed by atoms with van der Waals surface area (Å²) in [6, 6.07) is 0.104. The van der Waals surface area contributed by atoms with Gasteiger partial charge in [0.25, 0.3) is 0 Å². The standard InChI is InChI=1S/C15H27N3O/c1-18-12-11-17-14(18)8-7-13(16)15(19-2)9-5-3-4-6-10-15/h11-13H,3-10,16H2,1-2H3. The van der Waals surface area contributed by atoms with E-state index in [-0.39, 0.29) is 11.6 Å². The Kier molecular flexibility index (Phi) is 4.99. The Morgan fingerprint density at radius 2 is 2.05 bits per heavy atom. The highest BCUT2D eigenvalue weighted by Gasteiger charge is 2.36. The van der Waals surface area contributed by atoms with Crippen LogP contribution in [-0.4, -0.2) is 28.3 Å². The zero-order valence-corrected chi connectivity index (χ0v) is 12.3. The Bertz CT molecular complexity index is 380. The van der Waals surface area contributed by atoms with Crippen molar-refractivity contribution in [2.24, 2.45) is 12.8 Å². The van der Waals surface area contributed by atoms with Crippen LogP contribution in [-0.2, 0) is 18.2 Å². The number of ether oxygens (including phenoxy) is 1. The van der Waals surface area contributed by atoms with Gasteiger partial charge in [0.1, 0.15) is 5.82 Å². The topological polar surface area (TPSA) is 53.1 Å². The molecule has 0 spiro atoms. The van der Waals surface area contributed by atoms with E-state index in [1.54, 1.807) is 0 Å². The predicted octanol–water partition coefficient (Wildman–Crippen LogP) is 2.42. The lowest BCUT2D eigenvalue weighted by Gasteiger charge is -2.37. The van der Waals surface area contributed by atoms with E-state index in [0.717, 1.165) is 31.5 Å². The van der Waals surface area contributed by atoms with Crippen LogP contribution in [0.3, 0.4) is 0 Å². The van der Waals surface area contributed by atoms with Crippen molar-refractivity contribution in [2.75, 3.05) is 7.11 Å². The van der Waals surface area contributed by atoms with Crippen LogP contribution in [0, 0.1) is 0 Å². The summed E-state index contributed by atoms with van der Waals surface area (Å²) in [5, 5.41) is 0. The van der Waals surface area contributed by atoms with Crippen molar-refractivity contribution in [2.45, 2.75) is 63.0 Å². The van der Waals surface area contributed by atoms with Gasteiger partial charge in [0.15, 0.2) is 0 Å². The maximum Gasteiger partial charge on any atom is 0.108 e. The molecule has 108 valence electrons. The summed E-state index contributed by atoms with van der Waals surface area (Å²) >= 11 is 0. The van der Waals surface area contributed by atoms with Gasteiger partial charge in [0.05, 0.1) is 5.60 Å². The van der Waals surface area contributed by atoms with E-state index >= 15 is 0 Å². The third kappa shape index (κ3) is 3.37. The number of nitrogens with zero attached hydrogens (tertiary/aromatic N) is 2. The fraction of sp³-hybridized carbons (Fsp3) is 0.800. The number of imidazole rings is 1. The lowest BCUT2D eigenvalue weighted by atomic mass is 9.84. The number of hydrogen-bond acceptors (Lipinski definition) is 3. The van der Waals surface area contributed by atoms with Gasteiger partial charge in [0, 0.05) is 39.0 Å². The van der Waals surface area contributed by atoms with E-state index in [4.69, 9.17) is 10.5 Å². The number of methoxy groups -OCH3 is 1. The molecule has 1 saturated carbocycles. The molecule has 2 rings (SSSR count). The van der Waals surface area contributed by atoms with Crippen LogP contribution in [0.1, 0.15) is 50.8 Å². The van der Waals surface area contributed by atoms with Crippen molar-refractivity contribution in [1.29, 1.82) is 0 Å². The van der Waals surface area contributed by atoms with Crippen LogP contribution in [0.4, 0.5) is 0 Å². The molecule has 1 fully saturated rings. The minimum Gasteiger partial charge on any atom is -0.377 e. The van der Waals surface area contributed by atoms with Crippen molar-refractivity contribution in [1.82, 2.24) is 9.55 Å². The monoisotopic (exact) mass is 265 g/mol. The van der Waals surface area contributed by atoms with Gasteiger partial charge in [-0.05, 0) is 19.3 Å². The van der Waals surface area contributed by atoms with E-state index in [0.29, 0.717) is 0 Å². The molecular weight excluding hydrogens is 238 g/mol. The zero-order valence-electron chi connectivity index (χ0n) is 12.3. The lowest BCUT2D eigenvalue weighted by molar-refractivity contribution is -0.0450. The second-order valence-electron chi connectivity index (χ2n) is 5.78. The summed E-state index contributed by atoms with van der Waals surface area (Å²) in [6.45, 7) is 0.